The fourth-order valence-electron chi connectivity index (χ4n) is 3.42. The number of hydrogen-bond acceptors (Lipinski definition) is 6. The number of piperazine rings is 1. The van der Waals surface area contributed by atoms with Crippen molar-refractivity contribution < 1.29 is 13.9 Å². The number of nitrogens with zero attached hydrogens (tertiary/aromatic N) is 4. The van der Waals surface area contributed by atoms with Crippen molar-refractivity contribution in [2.75, 3.05) is 38.2 Å². The number of aryl methyl sites for hydroxylation is 1. The number of anilines is 1. The summed E-state index contributed by atoms with van der Waals surface area (Å²) in [5.74, 6) is 2.74. The Hall–Kier alpha value is -2.57. The number of amides is 1. The quantitative estimate of drug-likeness (QED) is 0.844. The molecule has 2 aromatic rings. The highest BCUT2D eigenvalue weighted by atomic mass is 16.5. The molecule has 0 bridgehead atoms. The predicted octanol–water partition coefficient (Wildman–Crippen LogP) is 1.84. The minimum atomic E-state index is 0.0769. The summed E-state index contributed by atoms with van der Waals surface area (Å²) in [5.41, 5.74) is 0.875. The Bertz CT molecular complexity index is 754. The average Bonchev–Trinajstić information content (AvgIpc) is 3.25. The van der Waals surface area contributed by atoms with Crippen molar-refractivity contribution in [1.82, 2.24) is 14.9 Å². The molecule has 7 heteroatoms. The molecule has 2 aromatic heterocycles. The van der Waals surface area contributed by atoms with Crippen LogP contribution in [0.1, 0.15) is 23.8 Å². The van der Waals surface area contributed by atoms with Crippen molar-refractivity contribution in [3.8, 4) is 5.88 Å². The molecule has 132 valence electrons. The van der Waals surface area contributed by atoms with E-state index in [0.29, 0.717) is 24.9 Å². The van der Waals surface area contributed by atoms with Crippen LogP contribution in [0.25, 0.3) is 0 Å². The van der Waals surface area contributed by atoms with E-state index in [-0.39, 0.29) is 17.7 Å². The summed E-state index contributed by atoms with van der Waals surface area (Å²) in [4.78, 5) is 25.6. The van der Waals surface area contributed by atoms with Crippen molar-refractivity contribution in [3.63, 3.8) is 0 Å². The van der Waals surface area contributed by atoms with Gasteiger partial charge in [-0.1, -0.05) is 0 Å². The Morgan fingerprint density at radius 1 is 1.28 bits per heavy atom. The minimum absolute atomic E-state index is 0.0769. The van der Waals surface area contributed by atoms with Crippen LogP contribution in [0.3, 0.4) is 0 Å². The van der Waals surface area contributed by atoms with Gasteiger partial charge in [0.15, 0.2) is 0 Å². The lowest BCUT2D eigenvalue weighted by Crippen LogP contribution is -2.49. The van der Waals surface area contributed by atoms with Crippen LogP contribution in [0.15, 0.2) is 28.9 Å². The third-order valence-corrected chi connectivity index (χ3v) is 4.92. The molecule has 1 aliphatic carbocycles. The second-order valence-corrected chi connectivity index (χ2v) is 6.63. The Kier molecular flexibility index (Phi) is 4.07. The van der Waals surface area contributed by atoms with Crippen LogP contribution < -0.4 is 9.64 Å². The molecule has 0 radical (unpaired) electrons. The first-order valence-corrected chi connectivity index (χ1v) is 8.62. The molecule has 1 aliphatic heterocycles. The molecule has 25 heavy (non-hydrogen) atoms. The van der Waals surface area contributed by atoms with Gasteiger partial charge in [0.2, 0.25) is 17.7 Å². The molecule has 1 amide bonds. The zero-order valence-electron chi connectivity index (χ0n) is 14.5. The van der Waals surface area contributed by atoms with Gasteiger partial charge in [0.1, 0.15) is 5.76 Å². The van der Waals surface area contributed by atoms with Crippen LogP contribution in [0.2, 0.25) is 0 Å². The van der Waals surface area contributed by atoms with Crippen LogP contribution in [0.5, 0.6) is 5.88 Å². The van der Waals surface area contributed by atoms with Gasteiger partial charge in [0.25, 0.3) is 0 Å². The van der Waals surface area contributed by atoms with Gasteiger partial charge in [-0.05, 0) is 25.5 Å². The molecule has 2 atom stereocenters. The number of aromatic nitrogens is 2. The molecule has 2 fully saturated rings. The second kappa shape index (κ2) is 6.38. The van der Waals surface area contributed by atoms with Crippen molar-refractivity contribution >= 4 is 11.9 Å². The van der Waals surface area contributed by atoms with Crippen molar-refractivity contribution in [1.29, 1.82) is 0 Å². The Morgan fingerprint density at radius 3 is 2.76 bits per heavy atom. The van der Waals surface area contributed by atoms with Crippen LogP contribution >= 0.6 is 0 Å². The number of carbonyl (C=O) groups is 1. The first-order valence-electron chi connectivity index (χ1n) is 8.62. The standard InChI is InChI=1S/C18H22N4O3/c1-12-10-16(24-2)20-18(19-12)22-7-5-21(6-8-22)17(23)14-11-13(14)15-4-3-9-25-15/h3-4,9-10,13-14H,5-8,11H2,1-2H3/t13-,14-/m1/s1. The lowest BCUT2D eigenvalue weighted by atomic mass is 10.2. The van der Waals surface area contributed by atoms with Crippen molar-refractivity contribution in [3.05, 3.63) is 35.9 Å². The monoisotopic (exact) mass is 342 g/mol. The van der Waals surface area contributed by atoms with Crippen LogP contribution in [0.4, 0.5) is 5.95 Å². The summed E-state index contributed by atoms with van der Waals surface area (Å²) in [7, 11) is 1.60. The van der Waals surface area contributed by atoms with E-state index in [2.05, 4.69) is 14.9 Å². The molecule has 7 nitrogen and oxygen atoms in total. The third kappa shape index (κ3) is 3.18. The molecule has 4 rings (SSSR count). The zero-order valence-corrected chi connectivity index (χ0v) is 14.5. The molecule has 0 unspecified atom stereocenters. The normalized spacial score (nSPS) is 22.8. The lowest BCUT2D eigenvalue weighted by molar-refractivity contribution is -0.133. The van der Waals surface area contributed by atoms with Gasteiger partial charge in [0.05, 0.1) is 13.4 Å². The first-order chi connectivity index (χ1) is 12.2. The minimum Gasteiger partial charge on any atom is -0.481 e. The number of furan rings is 1. The van der Waals surface area contributed by atoms with E-state index in [0.717, 1.165) is 31.0 Å². The van der Waals surface area contributed by atoms with Gasteiger partial charge in [-0.3, -0.25) is 4.79 Å². The van der Waals surface area contributed by atoms with E-state index in [9.17, 15) is 4.79 Å². The van der Waals surface area contributed by atoms with Crippen LogP contribution in [0, 0.1) is 12.8 Å². The number of hydrogen-bond donors (Lipinski definition) is 0. The van der Waals surface area contributed by atoms with E-state index >= 15 is 0 Å². The van der Waals surface area contributed by atoms with E-state index < -0.39 is 0 Å². The fraction of sp³-hybridized carbons (Fsp3) is 0.500. The number of rotatable bonds is 4. The van der Waals surface area contributed by atoms with E-state index in [1.165, 1.54) is 0 Å². The first kappa shape index (κ1) is 15.9. The summed E-state index contributed by atoms with van der Waals surface area (Å²) in [6.45, 7) is 4.78. The maximum Gasteiger partial charge on any atom is 0.228 e. The van der Waals surface area contributed by atoms with E-state index in [1.807, 2.05) is 30.0 Å². The second-order valence-electron chi connectivity index (χ2n) is 6.63. The summed E-state index contributed by atoms with van der Waals surface area (Å²) < 4.78 is 10.6. The summed E-state index contributed by atoms with van der Waals surface area (Å²) in [6, 6.07) is 5.65. The van der Waals surface area contributed by atoms with Crippen molar-refractivity contribution in [2.24, 2.45) is 5.92 Å². The summed E-state index contributed by atoms with van der Waals surface area (Å²) in [6.07, 6.45) is 2.56. The van der Waals surface area contributed by atoms with E-state index in [1.54, 1.807) is 13.4 Å². The highest BCUT2D eigenvalue weighted by Gasteiger charge is 2.47. The topological polar surface area (TPSA) is 71.7 Å². The van der Waals surface area contributed by atoms with Gasteiger partial charge < -0.3 is 19.0 Å². The van der Waals surface area contributed by atoms with E-state index in [4.69, 9.17) is 9.15 Å². The average molecular weight is 342 g/mol. The maximum atomic E-state index is 12.7. The van der Waals surface area contributed by atoms with Gasteiger partial charge in [-0.25, -0.2) is 4.98 Å². The molecular weight excluding hydrogens is 320 g/mol. The molecular formula is C18H22N4O3. The molecule has 2 aliphatic rings. The molecule has 1 saturated carbocycles. The molecule has 3 heterocycles. The smallest absolute Gasteiger partial charge is 0.228 e. The van der Waals surface area contributed by atoms with Crippen LogP contribution in [-0.2, 0) is 4.79 Å². The lowest BCUT2D eigenvalue weighted by Gasteiger charge is -2.35. The highest BCUT2D eigenvalue weighted by molar-refractivity contribution is 5.83. The molecule has 0 aromatic carbocycles. The Morgan fingerprint density at radius 2 is 2.08 bits per heavy atom. The highest BCUT2D eigenvalue weighted by Crippen LogP contribution is 2.48. The largest absolute Gasteiger partial charge is 0.481 e. The maximum absolute atomic E-state index is 12.7. The Balaban J connectivity index is 1.36. The predicted molar refractivity (Wildman–Crippen MR) is 91.7 cm³/mol. The zero-order chi connectivity index (χ0) is 17.4. The van der Waals surface area contributed by atoms with Crippen molar-refractivity contribution in [2.45, 2.75) is 19.3 Å². The SMILES string of the molecule is COc1cc(C)nc(N2CCN(C(=O)[C@@H]3C[C@H]3c3ccco3)CC2)n1. The molecule has 0 N–H and O–H groups in total. The number of ether oxygens (including phenoxy) is 1. The molecule has 0 spiro atoms. The fourth-order valence-corrected chi connectivity index (χ4v) is 3.42. The van der Waals surface area contributed by atoms with Crippen LogP contribution in [-0.4, -0.2) is 54.1 Å². The van der Waals surface area contributed by atoms with Gasteiger partial charge in [0, 0.05) is 49.8 Å². The third-order valence-electron chi connectivity index (χ3n) is 4.92. The van der Waals surface area contributed by atoms with Gasteiger partial charge in [-0.2, -0.15) is 4.98 Å². The summed E-state index contributed by atoms with van der Waals surface area (Å²) >= 11 is 0. The number of carbonyl (C=O) groups excluding carboxylic acids is 1. The van der Waals surface area contributed by atoms with Gasteiger partial charge >= 0.3 is 0 Å². The number of methoxy groups -OCH3 is 1. The Labute approximate surface area is 146 Å². The summed E-state index contributed by atoms with van der Waals surface area (Å²) in [5, 5.41) is 0. The van der Waals surface area contributed by atoms with Gasteiger partial charge in [-0.15, -0.1) is 0 Å². The molecule has 1 saturated heterocycles.